The van der Waals surface area contributed by atoms with E-state index >= 15 is 0 Å². The third kappa shape index (κ3) is 4.84. The Labute approximate surface area is 204 Å². The van der Waals surface area contributed by atoms with Gasteiger partial charge in [0.15, 0.2) is 0 Å². The summed E-state index contributed by atoms with van der Waals surface area (Å²) >= 11 is 0. The molecular weight excluding hydrogens is 438 g/mol. The van der Waals surface area contributed by atoms with E-state index in [4.69, 9.17) is 9.72 Å². The molecule has 0 spiro atoms. The average molecular weight is 466 g/mol. The van der Waals surface area contributed by atoms with Crippen molar-refractivity contribution in [3.05, 3.63) is 108 Å². The predicted molar refractivity (Wildman–Crippen MR) is 135 cm³/mol. The zero-order chi connectivity index (χ0) is 24.2. The first-order chi connectivity index (χ1) is 17.1. The largest absolute Gasteiger partial charge is 0.469 e. The van der Waals surface area contributed by atoms with Gasteiger partial charge in [-0.25, -0.2) is 4.98 Å². The van der Waals surface area contributed by atoms with Crippen molar-refractivity contribution in [1.82, 2.24) is 20.3 Å². The third-order valence-electron chi connectivity index (χ3n) is 6.12. The van der Waals surface area contributed by atoms with Crippen LogP contribution in [0, 0.1) is 0 Å². The number of carbonyl (C=O) groups excluding carboxylic acids is 1. The Balaban J connectivity index is 1.47. The van der Waals surface area contributed by atoms with E-state index in [1.54, 1.807) is 12.4 Å². The summed E-state index contributed by atoms with van der Waals surface area (Å²) in [4.78, 5) is 28.9. The molecule has 1 amide bonds. The van der Waals surface area contributed by atoms with E-state index in [1.165, 1.54) is 5.56 Å². The molecule has 7 nitrogen and oxygen atoms in total. The van der Waals surface area contributed by atoms with Crippen LogP contribution < -0.4 is 15.0 Å². The number of nitrogens with zero attached hydrogens (tertiary/aromatic N) is 4. The summed E-state index contributed by atoms with van der Waals surface area (Å²) in [5, 5.41) is 2.91. The Morgan fingerprint density at radius 2 is 1.83 bits per heavy atom. The van der Waals surface area contributed by atoms with Gasteiger partial charge in [-0.2, -0.15) is 4.98 Å². The summed E-state index contributed by atoms with van der Waals surface area (Å²) in [7, 11) is 0. The molecule has 0 saturated carbocycles. The number of hydrogen-bond acceptors (Lipinski definition) is 6. The van der Waals surface area contributed by atoms with Crippen molar-refractivity contribution >= 4 is 17.5 Å². The van der Waals surface area contributed by atoms with Crippen LogP contribution in [0.4, 0.5) is 11.6 Å². The van der Waals surface area contributed by atoms with Crippen LogP contribution in [0.1, 0.15) is 47.1 Å². The van der Waals surface area contributed by atoms with E-state index in [0.717, 1.165) is 23.4 Å². The molecule has 0 saturated heterocycles. The summed E-state index contributed by atoms with van der Waals surface area (Å²) in [6.07, 6.45) is 3.86. The van der Waals surface area contributed by atoms with Crippen molar-refractivity contribution in [3.8, 4) is 5.88 Å². The minimum Gasteiger partial charge on any atom is -0.469 e. The van der Waals surface area contributed by atoms with Crippen molar-refractivity contribution in [2.75, 3.05) is 4.90 Å². The molecule has 2 aromatic heterocycles. The summed E-state index contributed by atoms with van der Waals surface area (Å²) in [5.41, 5.74) is 4.37. The van der Waals surface area contributed by atoms with Crippen molar-refractivity contribution < 1.29 is 9.53 Å². The van der Waals surface area contributed by atoms with Crippen LogP contribution in [0.5, 0.6) is 5.88 Å². The molecule has 2 atom stereocenters. The topological polar surface area (TPSA) is 80.2 Å². The number of amides is 1. The fraction of sp³-hybridized carbons (Fsp3) is 0.214. The van der Waals surface area contributed by atoms with Gasteiger partial charge < -0.3 is 15.0 Å². The van der Waals surface area contributed by atoms with E-state index in [1.807, 2.05) is 67.6 Å². The fourth-order valence-electron chi connectivity index (χ4n) is 4.32. The van der Waals surface area contributed by atoms with Gasteiger partial charge in [-0.3, -0.25) is 9.78 Å². The molecule has 5 rings (SSSR count). The first-order valence-electron chi connectivity index (χ1n) is 11.7. The number of pyridine rings is 1. The van der Waals surface area contributed by atoms with Crippen molar-refractivity contribution in [3.63, 3.8) is 0 Å². The number of ether oxygens (including phenoxy) is 1. The lowest BCUT2D eigenvalue weighted by Gasteiger charge is -2.24. The van der Waals surface area contributed by atoms with Gasteiger partial charge >= 0.3 is 0 Å². The number of hydrogen-bond donors (Lipinski definition) is 1. The van der Waals surface area contributed by atoms with Gasteiger partial charge in [0.05, 0.1) is 12.2 Å². The smallest absolute Gasteiger partial charge is 0.258 e. The molecule has 3 heterocycles. The maximum absolute atomic E-state index is 13.1. The summed E-state index contributed by atoms with van der Waals surface area (Å²) < 4.78 is 6.27. The van der Waals surface area contributed by atoms with Crippen LogP contribution >= 0.6 is 0 Å². The summed E-state index contributed by atoms with van der Waals surface area (Å²) in [5.74, 6) is 0.452. The van der Waals surface area contributed by atoms with Crippen molar-refractivity contribution in [2.24, 2.45) is 0 Å². The molecule has 0 fully saturated rings. The molecule has 1 unspecified atom stereocenters. The highest BCUT2D eigenvalue weighted by Gasteiger charge is 2.30. The van der Waals surface area contributed by atoms with Gasteiger partial charge in [-0.15, -0.1) is 0 Å². The monoisotopic (exact) mass is 465 g/mol. The van der Waals surface area contributed by atoms with Crippen LogP contribution in [0.2, 0.25) is 0 Å². The second-order valence-electron chi connectivity index (χ2n) is 8.62. The zero-order valence-corrected chi connectivity index (χ0v) is 19.8. The van der Waals surface area contributed by atoms with Gasteiger partial charge in [0, 0.05) is 24.1 Å². The lowest BCUT2D eigenvalue weighted by atomic mass is 10.1. The first kappa shape index (κ1) is 22.5. The standard InChI is InChI=1S/C28H27N5O2/c1-19-16-22-12-6-7-14-25(22)33(19)28-31-18-24(26(34)30-17-23-13-8-9-15-29-23)27(32-28)35-20(2)21-10-4-3-5-11-21/h3-15,18-20H,16-17H2,1-2H3,(H,30,34)/t19-,20?/m1/s1. The Kier molecular flexibility index (Phi) is 6.39. The van der Waals surface area contributed by atoms with Crippen LogP contribution in [-0.4, -0.2) is 26.9 Å². The van der Waals surface area contributed by atoms with Crippen LogP contribution in [0.3, 0.4) is 0 Å². The van der Waals surface area contributed by atoms with Gasteiger partial charge in [0.25, 0.3) is 5.91 Å². The molecule has 1 aliphatic rings. The third-order valence-corrected chi connectivity index (χ3v) is 6.12. The Hall–Kier alpha value is -4.26. The Bertz CT molecular complexity index is 1310. The number of carbonyl (C=O) groups is 1. The minimum atomic E-state index is -0.313. The van der Waals surface area contributed by atoms with E-state index in [-0.39, 0.29) is 29.5 Å². The summed E-state index contributed by atoms with van der Waals surface area (Å²) in [6, 6.07) is 23.9. The fourth-order valence-corrected chi connectivity index (χ4v) is 4.32. The maximum atomic E-state index is 13.1. The molecular formula is C28H27N5O2. The van der Waals surface area contributed by atoms with E-state index in [0.29, 0.717) is 12.5 Å². The molecule has 2 aromatic carbocycles. The average Bonchev–Trinajstić information content (AvgIpc) is 3.24. The number of anilines is 2. The number of aromatic nitrogens is 3. The van der Waals surface area contributed by atoms with Gasteiger partial charge in [0.1, 0.15) is 11.7 Å². The highest BCUT2D eigenvalue weighted by molar-refractivity contribution is 5.96. The molecule has 0 bridgehead atoms. The molecule has 35 heavy (non-hydrogen) atoms. The molecule has 0 radical (unpaired) electrons. The normalized spacial score (nSPS) is 15.4. The first-order valence-corrected chi connectivity index (χ1v) is 11.7. The van der Waals surface area contributed by atoms with E-state index in [2.05, 4.69) is 39.2 Å². The quantitative estimate of drug-likeness (QED) is 0.413. The number of fused-ring (bicyclic) bond motifs is 1. The highest BCUT2D eigenvalue weighted by Crippen LogP contribution is 2.37. The highest BCUT2D eigenvalue weighted by atomic mass is 16.5. The van der Waals surface area contributed by atoms with Gasteiger partial charge in [-0.1, -0.05) is 54.6 Å². The van der Waals surface area contributed by atoms with Gasteiger partial charge in [0.2, 0.25) is 11.8 Å². The van der Waals surface area contributed by atoms with Crippen molar-refractivity contribution in [1.29, 1.82) is 0 Å². The molecule has 4 aromatic rings. The van der Waals surface area contributed by atoms with Gasteiger partial charge in [-0.05, 0) is 49.6 Å². The molecule has 1 aliphatic heterocycles. The Morgan fingerprint density at radius 3 is 2.63 bits per heavy atom. The molecule has 1 N–H and O–H groups in total. The molecule has 7 heteroatoms. The SMILES string of the molecule is CC(Oc1nc(N2c3ccccc3C[C@H]2C)ncc1C(=O)NCc1ccccn1)c1ccccc1. The Morgan fingerprint density at radius 1 is 1.06 bits per heavy atom. The van der Waals surface area contributed by atoms with E-state index in [9.17, 15) is 4.79 Å². The number of nitrogens with one attached hydrogen (secondary N) is 1. The van der Waals surface area contributed by atoms with E-state index < -0.39 is 0 Å². The summed E-state index contributed by atoms with van der Waals surface area (Å²) in [6.45, 7) is 4.38. The molecule has 176 valence electrons. The van der Waals surface area contributed by atoms with Crippen LogP contribution in [0.15, 0.2) is 85.2 Å². The number of rotatable bonds is 7. The lowest BCUT2D eigenvalue weighted by Crippen LogP contribution is -2.28. The molecule has 0 aliphatic carbocycles. The van der Waals surface area contributed by atoms with Crippen LogP contribution in [-0.2, 0) is 13.0 Å². The van der Waals surface area contributed by atoms with Crippen LogP contribution in [0.25, 0.3) is 0 Å². The maximum Gasteiger partial charge on any atom is 0.258 e. The number of benzene rings is 2. The predicted octanol–water partition coefficient (Wildman–Crippen LogP) is 5.02. The van der Waals surface area contributed by atoms with Crippen molar-refractivity contribution in [2.45, 2.75) is 39.0 Å². The minimum absolute atomic E-state index is 0.190. The second kappa shape index (κ2) is 9.93. The number of para-hydroxylation sites is 1. The lowest BCUT2D eigenvalue weighted by molar-refractivity contribution is 0.0941. The zero-order valence-electron chi connectivity index (χ0n) is 19.8. The second-order valence-corrected chi connectivity index (χ2v) is 8.62.